The van der Waals surface area contributed by atoms with Crippen LogP contribution in [0.1, 0.15) is 52.9 Å². The summed E-state index contributed by atoms with van der Waals surface area (Å²) in [5.74, 6) is -0.460. The molecule has 110 valence electrons. The van der Waals surface area contributed by atoms with E-state index in [0.717, 1.165) is 12.8 Å². The third-order valence-corrected chi connectivity index (χ3v) is 3.66. The van der Waals surface area contributed by atoms with Crippen molar-refractivity contribution in [3.05, 3.63) is 0 Å². The van der Waals surface area contributed by atoms with Crippen LogP contribution in [-0.2, 0) is 4.79 Å². The number of carboxylic acids is 1. The van der Waals surface area contributed by atoms with Gasteiger partial charge in [-0.3, -0.25) is 0 Å². The Balaban J connectivity index is 2.38. The molecule has 1 aliphatic rings. The minimum Gasteiger partial charge on any atom is -0.480 e. The molecule has 0 aromatic rings. The number of hydrogen-bond donors (Lipinski definition) is 3. The predicted molar refractivity (Wildman–Crippen MR) is 74.0 cm³/mol. The number of amides is 2. The maximum atomic E-state index is 11.8. The van der Waals surface area contributed by atoms with E-state index in [0.29, 0.717) is 12.5 Å². The van der Waals surface area contributed by atoms with Crippen molar-refractivity contribution in [1.82, 2.24) is 10.6 Å². The smallest absolute Gasteiger partial charge is 0.326 e. The molecule has 5 heteroatoms. The fourth-order valence-electron chi connectivity index (χ4n) is 2.46. The lowest BCUT2D eigenvalue weighted by Crippen LogP contribution is -2.52. The van der Waals surface area contributed by atoms with Gasteiger partial charge in [-0.15, -0.1) is 0 Å². The van der Waals surface area contributed by atoms with Crippen molar-refractivity contribution in [2.24, 2.45) is 11.3 Å². The van der Waals surface area contributed by atoms with Crippen LogP contribution in [0.5, 0.6) is 0 Å². The summed E-state index contributed by atoms with van der Waals surface area (Å²) in [4.78, 5) is 22.9. The summed E-state index contributed by atoms with van der Waals surface area (Å²) in [5.41, 5.74) is -0.506. The molecule has 19 heavy (non-hydrogen) atoms. The zero-order chi connectivity index (χ0) is 14.5. The fraction of sp³-hybridized carbons (Fsp3) is 0.857. The van der Waals surface area contributed by atoms with Crippen molar-refractivity contribution in [3.8, 4) is 0 Å². The Morgan fingerprint density at radius 1 is 1.21 bits per heavy atom. The zero-order valence-electron chi connectivity index (χ0n) is 12.2. The molecule has 0 unspecified atom stereocenters. The van der Waals surface area contributed by atoms with Crippen molar-refractivity contribution >= 4 is 12.0 Å². The second-order valence-electron chi connectivity index (χ2n) is 6.50. The molecule has 1 rings (SSSR count). The highest BCUT2D eigenvalue weighted by atomic mass is 16.4. The minimum absolute atomic E-state index is 0.382. The van der Waals surface area contributed by atoms with Gasteiger partial charge in [0.2, 0.25) is 0 Å². The molecule has 1 aliphatic carbocycles. The summed E-state index contributed by atoms with van der Waals surface area (Å²) >= 11 is 0. The molecule has 1 saturated carbocycles. The third kappa shape index (κ3) is 5.49. The molecule has 2 amide bonds. The van der Waals surface area contributed by atoms with Crippen molar-refractivity contribution < 1.29 is 14.7 Å². The van der Waals surface area contributed by atoms with E-state index in [9.17, 15) is 9.59 Å². The number of nitrogens with one attached hydrogen (secondary N) is 2. The van der Waals surface area contributed by atoms with Gasteiger partial charge >= 0.3 is 12.0 Å². The molecule has 1 fully saturated rings. The van der Waals surface area contributed by atoms with Crippen molar-refractivity contribution in [2.75, 3.05) is 6.54 Å². The fourth-order valence-corrected chi connectivity index (χ4v) is 2.46. The van der Waals surface area contributed by atoms with Crippen LogP contribution in [0.2, 0.25) is 0 Å². The number of urea groups is 1. The SMILES string of the molecule is CC(C)(C)[C@@H](NC(=O)NCC1CCCCC1)C(=O)O. The first-order valence-corrected chi connectivity index (χ1v) is 7.08. The average Bonchev–Trinajstić information content (AvgIpc) is 2.33. The molecule has 0 aromatic heterocycles. The van der Waals surface area contributed by atoms with E-state index in [1.807, 2.05) is 0 Å². The Morgan fingerprint density at radius 3 is 2.26 bits per heavy atom. The Hall–Kier alpha value is -1.26. The molecule has 3 N–H and O–H groups in total. The van der Waals surface area contributed by atoms with Crippen LogP contribution >= 0.6 is 0 Å². The summed E-state index contributed by atoms with van der Waals surface area (Å²) in [6.45, 7) is 6.04. The summed E-state index contributed by atoms with van der Waals surface area (Å²) in [5, 5.41) is 14.5. The molecule has 5 nitrogen and oxygen atoms in total. The number of carbonyl (C=O) groups is 2. The van der Waals surface area contributed by atoms with Gasteiger partial charge in [0.1, 0.15) is 6.04 Å². The average molecular weight is 270 g/mol. The lowest BCUT2D eigenvalue weighted by atomic mass is 9.87. The topological polar surface area (TPSA) is 78.4 Å². The standard InChI is InChI=1S/C14H26N2O3/c1-14(2,3)11(12(17)18)16-13(19)15-9-10-7-5-4-6-8-10/h10-11H,4-9H2,1-3H3,(H,17,18)(H2,15,16,19)/t11-/m0/s1. The van der Waals surface area contributed by atoms with Gasteiger partial charge < -0.3 is 15.7 Å². The lowest BCUT2D eigenvalue weighted by Gasteiger charge is -2.28. The molecule has 0 aliphatic heterocycles. The van der Waals surface area contributed by atoms with Crippen LogP contribution < -0.4 is 10.6 Å². The molecule has 1 atom stereocenters. The van der Waals surface area contributed by atoms with Crippen LogP contribution in [0.3, 0.4) is 0 Å². The highest BCUT2D eigenvalue weighted by Crippen LogP contribution is 2.23. The van der Waals surface area contributed by atoms with Gasteiger partial charge in [0.15, 0.2) is 0 Å². The van der Waals surface area contributed by atoms with E-state index in [-0.39, 0.29) is 6.03 Å². The predicted octanol–water partition coefficient (Wildman–Crippen LogP) is 2.37. The van der Waals surface area contributed by atoms with E-state index in [2.05, 4.69) is 10.6 Å². The Bertz CT molecular complexity index is 317. The molecular formula is C14H26N2O3. The van der Waals surface area contributed by atoms with E-state index in [1.54, 1.807) is 20.8 Å². The first kappa shape index (κ1) is 15.8. The summed E-state index contributed by atoms with van der Waals surface area (Å²) in [6.07, 6.45) is 6.05. The van der Waals surface area contributed by atoms with E-state index in [1.165, 1.54) is 19.3 Å². The molecular weight excluding hydrogens is 244 g/mol. The first-order chi connectivity index (χ1) is 8.80. The Labute approximate surface area is 115 Å². The van der Waals surface area contributed by atoms with Gasteiger partial charge in [-0.2, -0.15) is 0 Å². The molecule has 0 spiro atoms. The molecule has 0 saturated heterocycles. The quantitative estimate of drug-likeness (QED) is 0.733. The van der Waals surface area contributed by atoms with Gasteiger partial charge in [-0.1, -0.05) is 40.0 Å². The Kier molecular flexibility index (Phi) is 5.63. The number of aliphatic carboxylic acids is 1. The normalized spacial score (nSPS) is 18.7. The van der Waals surface area contributed by atoms with E-state index < -0.39 is 17.4 Å². The van der Waals surface area contributed by atoms with Crippen LogP contribution in [0.15, 0.2) is 0 Å². The van der Waals surface area contributed by atoms with Crippen molar-refractivity contribution in [1.29, 1.82) is 0 Å². The highest BCUT2D eigenvalue weighted by molar-refractivity contribution is 5.83. The summed E-state index contributed by atoms with van der Waals surface area (Å²) in [6, 6.07) is -1.26. The number of hydrogen-bond acceptors (Lipinski definition) is 2. The number of carbonyl (C=O) groups excluding carboxylic acids is 1. The first-order valence-electron chi connectivity index (χ1n) is 7.08. The van der Waals surface area contributed by atoms with Crippen molar-refractivity contribution in [2.45, 2.75) is 58.9 Å². The summed E-state index contributed by atoms with van der Waals surface area (Å²) in [7, 11) is 0. The highest BCUT2D eigenvalue weighted by Gasteiger charge is 2.32. The number of rotatable bonds is 4. The minimum atomic E-state index is -1.000. The van der Waals surface area contributed by atoms with Gasteiger partial charge in [0.05, 0.1) is 0 Å². The second kappa shape index (κ2) is 6.78. The largest absolute Gasteiger partial charge is 0.480 e. The van der Waals surface area contributed by atoms with Gasteiger partial charge in [-0.05, 0) is 24.2 Å². The third-order valence-electron chi connectivity index (χ3n) is 3.66. The van der Waals surface area contributed by atoms with Crippen LogP contribution in [0.25, 0.3) is 0 Å². The zero-order valence-corrected chi connectivity index (χ0v) is 12.2. The maximum Gasteiger partial charge on any atom is 0.326 e. The van der Waals surface area contributed by atoms with Gasteiger partial charge in [0, 0.05) is 6.54 Å². The molecule has 0 bridgehead atoms. The monoisotopic (exact) mass is 270 g/mol. The van der Waals surface area contributed by atoms with E-state index >= 15 is 0 Å². The van der Waals surface area contributed by atoms with Crippen LogP contribution in [0, 0.1) is 11.3 Å². The maximum absolute atomic E-state index is 11.8. The van der Waals surface area contributed by atoms with E-state index in [4.69, 9.17) is 5.11 Å². The van der Waals surface area contributed by atoms with Gasteiger partial charge in [-0.25, -0.2) is 9.59 Å². The molecule has 0 aromatic carbocycles. The lowest BCUT2D eigenvalue weighted by molar-refractivity contribution is -0.141. The van der Waals surface area contributed by atoms with Gasteiger partial charge in [0.25, 0.3) is 0 Å². The second-order valence-corrected chi connectivity index (χ2v) is 6.50. The number of carboxylic acid groups (broad SMARTS) is 1. The van der Waals surface area contributed by atoms with Crippen LogP contribution in [-0.4, -0.2) is 29.7 Å². The molecule has 0 heterocycles. The Morgan fingerprint density at radius 2 is 1.79 bits per heavy atom. The summed E-state index contributed by atoms with van der Waals surface area (Å²) < 4.78 is 0. The molecule has 0 radical (unpaired) electrons. The van der Waals surface area contributed by atoms with Crippen molar-refractivity contribution in [3.63, 3.8) is 0 Å². The van der Waals surface area contributed by atoms with Crippen LogP contribution in [0.4, 0.5) is 4.79 Å².